The standard InChI is InChI=1S/C8H8Cl2.C7H9N.C5H9N3.C5H10O.2C4H9N/c1-2-6-3-4-7(9)8(10)5-6;8-6-7-4-2-1-3-5-7;6-2-1-5-3-7-4-8-5;1-2-4-6-5-3-1;2*1-2-4-5-3-1/h3-5H,2H2,1H3;1-5H,6,8H2;3-4H,1-2,6H2,(H,7,8);1-5H2;2*5H,1-4H2/i2D2;6D2;1D2,2D2;2D2,3D2,4D2,5D2;1D2,2D2,3D2,4D2;3D2,4D2. The first-order valence-electron chi connectivity index (χ1n) is 26.0. The van der Waals surface area contributed by atoms with Gasteiger partial charge in [0.2, 0.25) is 0 Å². The number of rotatable bonds is 4. The average molecular weight is 650 g/mol. The highest BCUT2D eigenvalue weighted by atomic mass is 35.5. The smallest absolute Gasteiger partial charge is 0.0921 e. The first-order chi connectivity index (χ1) is 30.7. The van der Waals surface area contributed by atoms with Crippen LogP contribution >= 0.6 is 23.2 Å². The predicted molar refractivity (Wildman–Crippen MR) is 180 cm³/mol. The van der Waals surface area contributed by atoms with Crippen LogP contribution in [-0.4, -0.2) is 55.6 Å². The quantitative estimate of drug-likeness (QED) is 0.220. The Morgan fingerprint density at radius 3 is 1.93 bits per heavy atom. The van der Waals surface area contributed by atoms with E-state index < -0.39 is 96.8 Å². The zero-order valence-corrected chi connectivity index (χ0v) is 24.2. The number of aryl methyl sites for hydroxylation is 2. The summed E-state index contributed by atoms with van der Waals surface area (Å²) < 4.78 is 205. The van der Waals surface area contributed by atoms with Crippen LogP contribution < -0.4 is 22.1 Å². The van der Waals surface area contributed by atoms with Crippen molar-refractivity contribution in [3.63, 3.8) is 0 Å². The van der Waals surface area contributed by atoms with E-state index in [1.165, 1.54) is 19.4 Å². The number of hydrogen-bond acceptors (Lipinski definition) is 6. The van der Waals surface area contributed by atoms with Gasteiger partial charge in [-0.25, -0.2) is 4.98 Å². The summed E-state index contributed by atoms with van der Waals surface area (Å²) in [6.45, 7) is -16.7. The lowest BCUT2D eigenvalue weighted by Crippen LogP contribution is -2.03. The normalized spacial score (nSPS) is 38.3. The molecule has 9 heteroatoms. The van der Waals surface area contributed by atoms with Crippen molar-refractivity contribution in [1.29, 1.82) is 0 Å². The molecule has 0 radical (unpaired) electrons. The van der Waals surface area contributed by atoms with E-state index in [9.17, 15) is 0 Å². The van der Waals surface area contributed by atoms with Gasteiger partial charge in [0, 0.05) is 70.8 Å². The number of hydrogen-bond donors (Lipinski definition) is 5. The van der Waals surface area contributed by atoms with Crippen molar-refractivity contribution in [3.05, 3.63) is 87.9 Å². The molecule has 0 amide bonds. The summed E-state index contributed by atoms with van der Waals surface area (Å²) in [6, 6.07) is 13.5. The van der Waals surface area contributed by atoms with Crippen molar-refractivity contribution in [2.75, 3.05) is 45.6 Å². The molecule has 6 rings (SSSR count). The van der Waals surface area contributed by atoms with Gasteiger partial charge in [-0.1, -0.05) is 66.5 Å². The minimum absolute atomic E-state index is 0.0370. The summed E-state index contributed by atoms with van der Waals surface area (Å²) in [6.07, 6.45) is -12.3. The monoisotopic (exact) mass is 649 g/mol. The Hall–Kier alpha value is -1.97. The van der Waals surface area contributed by atoms with E-state index >= 15 is 0 Å². The molecule has 3 fully saturated rings. The third-order valence-corrected chi connectivity index (χ3v) is 4.88. The molecule has 2 aromatic carbocycles. The van der Waals surface area contributed by atoms with Gasteiger partial charge in [-0.2, -0.15) is 0 Å². The lowest BCUT2D eigenvalue weighted by atomic mass is 10.2. The summed E-state index contributed by atoms with van der Waals surface area (Å²) in [7, 11) is 0. The van der Waals surface area contributed by atoms with Gasteiger partial charge in [0.05, 0.1) is 21.9 Å². The van der Waals surface area contributed by atoms with Gasteiger partial charge in [0.1, 0.15) is 0 Å². The van der Waals surface area contributed by atoms with Gasteiger partial charge >= 0.3 is 0 Å². The fourth-order valence-electron chi connectivity index (χ4n) is 2.27. The largest absolute Gasteiger partial charge is 0.381 e. The number of nitrogens with one attached hydrogen (secondary N) is 3. The molecule has 3 aliphatic rings. The second-order valence-electron chi connectivity index (χ2n) is 7.06. The molecule has 7 N–H and O–H groups in total. The Morgan fingerprint density at radius 2 is 1.52 bits per heavy atom. The van der Waals surface area contributed by atoms with Gasteiger partial charge in [0.25, 0.3) is 0 Å². The molecule has 1 aromatic heterocycles. The van der Waals surface area contributed by atoms with E-state index in [4.69, 9.17) is 73.1 Å². The van der Waals surface area contributed by atoms with Crippen molar-refractivity contribution in [2.45, 2.75) is 70.9 Å². The maximum absolute atomic E-state index is 7.40. The third kappa shape index (κ3) is 21.7. The molecule has 3 aromatic rings. The molecule has 0 aliphatic carbocycles. The fraction of sp³-hybridized carbons (Fsp3) is 0.545. The van der Waals surface area contributed by atoms with Crippen molar-refractivity contribution in [2.24, 2.45) is 11.5 Å². The van der Waals surface area contributed by atoms with Crippen LogP contribution in [0.4, 0.5) is 0 Å². The molecule has 0 saturated carbocycles. The molecule has 7 nitrogen and oxygen atoms in total. The highest BCUT2D eigenvalue weighted by Crippen LogP contribution is 2.22. The molecule has 0 spiro atoms. The number of H-pyrrole nitrogens is 1. The first kappa shape index (κ1) is 13.2. The van der Waals surface area contributed by atoms with E-state index in [0.29, 0.717) is 21.2 Å². The van der Waals surface area contributed by atoms with Crippen LogP contribution in [0.2, 0.25) is 10.0 Å². The molecule has 42 heavy (non-hydrogen) atoms. The van der Waals surface area contributed by atoms with Gasteiger partial charge in [-0.15, -0.1) is 0 Å². The molecular formula is C33H54Cl2N6O. The van der Waals surface area contributed by atoms with Gasteiger partial charge in [-0.3, -0.25) is 0 Å². The van der Waals surface area contributed by atoms with E-state index in [-0.39, 0.29) is 18.5 Å². The number of ether oxygens (including phenoxy) is 1. The molecule has 236 valence electrons. The molecule has 3 saturated heterocycles. The van der Waals surface area contributed by atoms with E-state index in [0.717, 1.165) is 0 Å². The van der Waals surface area contributed by atoms with Crippen molar-refractivity contribution in [1.82, 2.24) is 20.6 Å². The second-order valence-corrected chi connectivity index (χ2v) is 7.88. The molecule has 4 heterocycles. The Kier molecular flexibility index (Phi) is 8.73. The highest BCUT2D eigenvalue weighted by molar-refractivity contribution is 6.42. The lowest BCUT2D eigenvalue weighted by molar-refractivity contribution is 0.0968. The summed E-state index contributed by atoms with van der Waals surface area (Å²) in [4.78, 5) is 6.06. The van der Waals surface area contributed by atoms with Crippen LogP contribution in [0.1, 0.15) is 107 Å². The topological polar surface area (TPSA) is 114 Å². The number of nitrogens with zero attached hydrogens (tertiary/aromatic N) is 1. The fourth-order valence-corrected chi connectivity index (χ4v) is 2.57. The van der Waals surface area contributed by atoms with E-state index in [2.05, 4.69) is 20.0 Å². The Balaban J connectivity index is 0.000000422. The number of nitrogens with two attached hydrogens (primary N) is 2. The van der Waals surface area contributed by atoms with E-state index in [1.54, 1.807) is 47.8 Å². The Morgan fingerprint density at radius 1 is 0.857 bits per heavy atom. The van der Waals surface area contributed by atoms with Crippen LogP contribution in [0.3, 0.4) is 0 Å². The molecule has 0 atom stereocenters. The van der Waals surface area contributed by atoms with Gasteiger partial charge in [0.15, 0.2) is 0 Å². The van der Waals surface area contributed by atoms with Gasteiger partial charge in [-0.05, 0) is 107 Å². The van der Waals surface area contributed by atoms with Crippen LogP contribution in [0.15, 0.2) is 61.1 Å². The summed E-state index contributed by atoms with van der Waals surface area (Å²) in [5.41, 5.74) is 11.3. The molecule has 0 unspecified atom stereocenters. The summed E-state index contributed by atoms with van der Waals surface area (Å²) in [5, 5.41) is 4.74. The molecule has 0 bridgehead atoms. The molecular weight excluding hydrogens is 567 g/mol. The van der Waals surface area contributed by atoms with Crippen LogP contribution in [0, 0.1) is 0 Å². The zero-order valence-electron chi connectivity index (χ0n) is 50.7. The van der Waals surface area contributed by atoms with Gasteiger partial charge < -0.3 is 31.8 Å². The maximum Gasteiger partial charge on any atom is 0.0921 e. The first-order valence-corrected chi connectivity index (χ1v) is 12.8. The van der Waals surface area contributed by atoms with E-state index in [1.807, 2.05) is 6.07 Å². The number of benzene rings is 2. The lowest BCUT2D eigenvalue weighted by Gasteiger charge is -2.08. The Bertz CT molecular complexity index is 2040. The second kappa shape index (κ2) is 27.8. The SMILES string of the molecule is [2H]C([2H])(C)c1ccc(Cl)c(Cl)c1.[2H]C([2H])(N)C([2H])([2H])c1cnc[nH]1.[2H]C([2H])(N)c1ccccc1.[2H]C1([2H])CC([2H])([2H])C([2H])([2H])OC1([2H])[2H].[2H]C1([2H])CCC([2H])([2H])N1.[2H]C1([2H])NC([2H])([2H])C([2H])([2H])C1([2H])[2H]. The number of aromatic amines is 1. The summed E-state index contributed by atoms with van der Waals surface area (Å²) in [5.74, 6) is 0. The average Bonchev–Trinajstić information content (AvgIpc) is 3.80. The third-order valence-electron chi connectivity index (χ3n) is 4.14. The van der Waals surface area contributed by atoms with Crippen LogP contribution in [-0.2, 0) is 24.0 Å². The number of halogens is 2. The van der Waals surface area contributed by atoms with Crippen molar-refractivity contribution < 1.29 is 43.1 Å². The number of aromatic nitrogens is 2. The zero-order chi connectivity index (χ0) is 55.6. The predicted octanol–water partition coefficient (Wildman–Crippen LogP) is 6.54. The minimum Gasteiger partial charge on any atom is -0.381 e. The summed E-state index contributed by atoms with van der Waals surface area (Å²) >= 11 is 11.4. The molecule has 3 aliphatic heterocycles. The highest BCUT2D eigenvalue weighted by Gasteiger charge is 1.97. The van der Waals surface area contributed by atoms with Crippen molar-refractivity contribution in [3.8, 4) is 0 Å². The Labute approximate surface area is 303 Å². The van der Waals surface area contributed by atoms with Crippen LogP contribution in [0.5, 0.6) is 0 Å². The van der Waals surface area contributed by atoms with Crippen molar-refractivity contribution >= 4 is 23.2 Å². The number of imidazole rings is 1. The maximum atomic E-state index is 7.40. The van der Waals surface area contributed by atoms with Crippen LogP contribution in [0.25, 0.3) is 0 Å². The minimum atomic E-state index is -2.90.